The highest BCUT2D eigenvalue weighted by atomic mass is 79.9. The van der Waals surface area contributed by atoms with E-state index in [9.17, 15) is 12.8 Å². The van der Waals surface area contributed by atoms with E-state index in [0.29, 0.717) is 16.5 Å². The van der Waals surface area contributed by atoms with Crippen LogP contribution in [-0.4, -0.2) is 22.0 Å². The SMILES string of the molecule is CNCc1cc(Br)cc(S(=O)(=O)NCCC(C)(C)C)c1F. The van der Waals surface area contributed by atoms with E-state index in [1.165, 1.54) is 6.07 Å². The van der Waals surface area contributed by atoms with Gasteiger partial charge in [-0.1, -0.05) is 36.7 Å². The molecule has 1 rings (SSSR count). The minimum atomic E-state index is -3.86. The Morgan fingerprint density at radius 3 is 2.43 bits per heavy atom. The molecule has 1 aromatic rings. The van der Waals surface area contributed by atoms with Gasteiger partial charge in [0.05, 0.1) is 0 Å². The Labute approximate surface area is 134 Å². The minimum Gasteiger partial charge on any atom is -0.316 e. The van der Waals surface area contributed by atoms with E-state index in [4.69, 9.17) is 0 Å². The van der Waals surface area contributed by atoms with Gasteiger partial charge in [0.1, 0.15) is 10.7 Å². The zero-order valence-corrected chi connectivity index (χ0v) is 15.2. The van der Waals surface area contributed by atoms with Crippen molar-refractivity contribution in [2.24, 2.45) is 5.41 Å². The molecule has 0 bridgehead atoms. The first-order valence-electron chi connectivity index (χ1n) is 6.69. The van der Waals surface area contributed by atoms with Crippen LogP contribution in [0.15, 0.2) is 21.5 Å². The molecule has 0 saturated heterocycles. The maximum absolute atomic E-state index is 14.3. The molecule has 120 valence electrons. The van der Waals surface area contributed by atoms with E-state index in [0.717, 1.165) is 0 Å². The van der Waals surface area contributed by atoms with E-state index < -0.39 is 15.8 Å². The molecule has 1 aromatic carbocycles. The lowest BCUT2D eigenvalue weighted by Gasteiger charge is -2.18. The zero-order chi connectivity index (χ0) is 16.3. The number of rotatable bonds is 6. The summed E-state index contributed by atoms with van der Waals surface area (Å²) in [5, 5.41) is 2.82. The van der Waals surface area contributed by atoms with Gasteiger partial charge < -0.3 is 5.32 Å². The summed E-state index contributed by atoms with van der Waals surface area (Å²) >= 11 is 3.22. The Bertz CT molecular complexity index is 598. The number of sulfonamides is 1. The molecule has 0 saturated carbocycles. The Morgan fingerprint density at radius 2 is 1.90 bits per heavy atom. The van der Waals surface area contributed by atoms with Crippen LogP contribution < -0.4 is 10.0 Å². The fourth-order valence-corrected chi connectivity index (χ4v) is 3.60. The molecule has 0 heterocycles. The van der Waals surface area contributed by atoms with Crippen molar-refractivity contribution >= 4 is 26.0 Å². The highest BCUT2D eigenvalue weighted by molar-refractivity contribution is 9.10. The minimum absolute atomic E-state index is 0.00955. The topological polar surface area (TPSA) is 58.2 Å². The van der Waals surface area contributed by atoms with Crippen molar-refractivity contribution < 1.29 is 12.8 Å². The van der Waals surface area contributed by atoms with E-state index >= 15 is 0 Å². The molecule has 0 aliphatic rings. The monoisotopic (exact) mass is 380 g/mol. The van der Waals surface area contributed by atoms with Gasteiger partial charge in [-0.2, -0.15) is 0 Å². The van der Waals surface area contributed by atoms with Crippen molar-refractivity contribution in [2.75, 3.05) is 13.6 Å². The molecule has 0 amide bonds. The summed E-state index contributed by atoms with van der Waals surface area (Å²) in [6, 6.07) is 2.86. The summed E-state index contributed by atoms with van der Waals surface area (Å²) in [6.45, 7) is 6.60. The van der Waals surface area contributed by atoms with Crippen LogP contribution in [0.25, 0.3) is 0 Å². The zero-order valence-electron chi connectivity index (χ0n) is 12.8. The molecule has 2 N–H and O–H groups in total. The van der Waals surface area contributed by atoms with Gasteiger partial charge >= 0.3 is 0 Å². The van der Waals surface area contributed by atoms with Gasteiger partial charge in [0.15, 0.2) is 0 Å². The number of hydrogen-bond donors (Lipinski definition) is 2. The molecule has 4 nitrogen and oxygen atoms in total. The molecule has 7 heteroatoms. The maximum atomic E-state index is 14.3. The van der Waals surface area contributed by atoms with Gasteiger partial charge in [-0.15, -0.1) is 0 Å². The molecule has 0 fully saturated rings. The van der Waals surface area contributed by atoms with Crippen LogP contribution in [0.3, 0.4) is 0 Å². The number of hydrogen-bond acceptors (Lipinski definition) is 3. The summed E-state index contributed by atoms with van der Waals surface area (Å²) < 4.78 is 41.8. The van der Waals surface area contributed by atoms with Gasteiger partial charge in [-0.25, -0.2) is 17.5 Å². The second-order valence-electron chi connectivity index (χ2n) is 6.12. The summed E-state index contributed by atoms with van der Waals surface area (Å²) in [5.41, 5.74) is 0.318. The first-order chi connectivity index (χ1) is 9.57. The number of halogens is 2. The van der Waals surface area contributed by atoms with Crippen LogP contribution in [0.4, 0.5) is 4.39 Å². The highest BCUT2D eigenvalue weighted by Crippen LogP contribution is 2.24. The molecule has 21 heavy (non-hydrogen) atoms. The van der Waals surface area contributed by atoms with Crippen molar-refractivity contribution in [3.63, 3.8) is 0 Å². The van der Waals surface area contributed by atoms with Crippen molar-refractivity contribution in [1.82, 2.24) is 10.0 Å². The van der Waals surface area contributed by atoms with Crippen molar-refractivity contribution in [1.29, 1.82) is 0 Å². The molecule has 0 spiro atoms. The van der Waals surface area contributed by atoms with Crippen molar-refractivity contribution in [3.05, 3.63) is 28.0 Å². The van der Waals surface area contributed by atoms with Crippen LogP contribution in [0.2, 0.25) is 0 Å². The van der Waals surface area contributed by atoms with E-state index in [-0.39, 0.29) is 23.4 Å². The predicted octanol–water partition coefficient (Wildman–Crippen LogP) is 3.02. The quantitative estimate of drug-likeness (QED) is 0.797. The van der Waals surface area contributed by atoms with Crippen LogP contribution >= 0.6 is 15.9 Å². The average Bonchev–Trinajstić information content (AvgIpc) is 2.31. The summed E-state index contributed by atoms with van der Waals surface area (Å²) in [5.74, 6) is -0.712. The first-order valence-corrected chi connectivity index (χ1v) is 8.96. The van der Waals surface area contributed by atoms with Crippen molar-refractivity contribution in [3.8, 4) is 0 Å². The van der Waals surface area contributed by atoms with Crippen molar-refractivity contribution in [2.45, 2.75) is 38.6 Å². The second-order valence-corrected chi connectivity index (χ2v) is 8.77. The highest BCUT2D eigenvalue weighted by Gasteiger charge is 2.22. The molecular weight excluding hydrogens is 359 g/mol. The van der Waals surface area contributed by atoms with E-state index in [2.05, 4.69) is 26.0 Å². The third-order valence-corrected chi connectivity index (χ3v) is 4.82. The summed E-state index contributed by atoms with van der Waals surface area (Å²) in [4.78, 5) is -0.323. The Kier molecular flexibility index (Phi) is 6.34. The van der Waals surface area contributed by atoms with Gasteiger partial charge in [0.25, 0.3) is 0 Å². The fraction of sp³-hybridized carbons (Fsp3) is 0.571. The Hall–Kier alpha value is -0.500. The number of benzene rings is 1. The van der Waals surface area contributed by atoms with Crippen LogP contribution in [0.5, 0.6) is 0 Å². The van der Waals surface area contributed by atoms with Gasteiger partial charge in [0.2, 0.25) is 10.0 Å². The molecule has 0 radical (unpaired) electrons. The second kappa shape index (κ2) is 7.17. The van der Waals surface area contributed by atoms with Gasteiger partial charge in [0, 0.05) is 23.1 Å². The summed E-state index contributed by atoms with van der Waals surface area (Å²) in [6.07, 6.45) is 0.672. The Morgan fingerprint density at radius 1 is 1.29 bits per heavy atom. The standard InChI is InChI=1S/C14H22BrFN2O2S/c1-14(2,3)5-6-18-21(19,20)12-8-11(15)7-10(9-17-4)13(12)16/h7-8,17-18H,5-6,9H2,1-4H3. The third-order valence-electron chi connectivity index (χ3n) is 2.90. The normalized spacial score (nSPS) is 12.7. The third kappa shape index (κ3) is 5.65. The molecule has 0 aliphatic heterocycles. The lowest BCUT2D eigenvalue weighted by molar-refractivity contribution is 0.378. The summed E-state index contributed by atoms with van der Waals surface area (Å²) in [7, 11) is -2.18. The lowest BCUT2D eigenvalue weighted by atomic mass is 9.93. The molecule has 0 unspecified atom stereocenters. The van der Waals surface area contributed by atoms with Gasteiger partial charge in [-0.3, -0.25) is 0 Å². The van der Waals surface area contributed by atoms with Crippen LogP contribution in [-0.2, 0) is 16.6 Å². The van der Waals surface area contributed by atoms with Crippen LogP contribution in [0.1, 0.15) is 32.8 Å². The smallest absolute Gasteiger partial charge is 0.243 e. The Balaban J connectivity index is 3.03. The molecule has 0 atom stereocenters. The van der Waals surface area contributed by atoms with Crippen LogP contribution in [0, 0.1) is 11.2 Å². The molecule has 0 aliphatic carbocycles. The van der Waals surface area contributed by atoms with Gasteiger partial charge in [-0.05, 0) is 31.0 Å². The van der Waals surface area contributed by atoms with E-state index in [1.54, 1.807) is 13.1 Å². The predicted molar refractivity (Wildman–Crippen MR) is 86.1 cm³/mol. The number of nitrogens with one attached hydrogen (secondary N) is 2. The molecule has 0 aromatic heterocycles. The lowest BCUT2D eigenvalue weighted by Crippen LogP contribution is -2.28. The molecular formula is C14H22BrFN2O2S. The first kappa shape index (κ1) is 18.5. The fourth-order valence-electron chi connectivity index (χ4n) is 1.77. The average molecular weight is 381 g/mol. The largest absolute Gasteiger partial charge is 0.316 e. The van der Waals surface area contributed by atoms with E-state index in [1.807, 2.05) is 20.8 Å². The maximum Gasteiger partial charge on any atom is 0.243 e.